The van der Waals surface area contributed by atoms with Gasteiger partial charge in [-0.1, -0.05) is 6.07 Å². The molecule has 1 aromatic carbocycles. The zero-order valence-corrected chi connectivity index (χ0v) is 19.0. The van der Waals surface area contributed by atoms with E-state index < -0.39 is 0 Å². The predicted molar refractivity (Wildman–Crippen MR) is 122 cm³/mol. The van der Waals surface area contributed by atoms with Crippen molar-refractivity contribution in [3.8, 4) is 23.0 Å². The van der Waals surface area contributed by atoms with Crippen LogP contribution in [-0.2, 0) is 17.6 Å². The molecule has 1 saturated carbocycles. The molecule has 1 aliphatic heterocycles. The van der Waals surface area contributed by atoms with Gasteiger partial charge < -0.3 is 14.4 Å². The number of nitrogens with zero attached hydrogens (tertiary/aromatic N) is 5. The summed E-state index contributed by atoms with van der Waals surface area (Å²) in [6, 6.07) is 6.26. The van der Waals surface area contributed by atoms with E-state index in [1.807, 2.05) is 25.4 Å². The number of carbonyl (C=O) groups is 1. The number of aromatic nitrogens is 4. The van der Waals surface area contributed by atoms with Crippen LogP contribution in [0.2, 0.25) is 0 Å². The topological polar surface area (TPSA) is 82.4 Å². The van der Waals surface area contributed by atoms with Crippen LogP contribution >= 0.6 is 0 Å². The van der Waals surface area contributed by atoms with E-state index in [0.717, 1.165) is 60.4 Å². The van der Waals surface area contributed by atoms with Crippen molar-refractivity contribution in [2.24, 2.45) is 0 Å². The summed E-state index contributed by atoms with van der Waals surface area (Å²) in [6.07, 6.45) is 8.41. The minimum Gasteiger partial charge on any atom is -0.497 e. The van der Waals surface area contributed by atoms with Crippen LogP contribution in [0.5, 0.6) is 5.75 Å². The fourth-order valence-corrected chi connectivity index (χ4v) is 4.92. The normalized spacial score (nSPS) is 19.2. The summed E-state index contributed by atoms with van der Waals surface area (Å²) in [4.78, 5) is 24.8. The fourth-order valence-electron chi connectivity index (χ4n) is 4.92. The van der Waals surface area contributed by atoms with E-state index in [-0.39, 0.29) is 11.9 Å². The Morgan fingerprint density at radius 3 is 2.79 bits per heavy atom. The molecule has 0 unspecified atom stereocenters. The van der Waals surface area contributed by atoms with E-state index in [4.69, 9.17) is 14.5 Å². The van der Waals surface area contributed by atoms with Gasteiger partial charge >= 0.3 is 0 Å². The summed E-state index contributed by atoms with van der Waals surface area (Å²) >= 11 is 0. The number of ether oxygens (including phenoxy) is 2. The van der Waals surface area contributed by atoms with Crippen molar-refractivity contribution in [1.29, 1.82) is 0 Å². The van der Waals surface area contributed by atoms with Crippen molar-refractivity contribution >= 4 is 5.91 Å². The number of hydrogen-bond acceptors (Lipinski definition) is 6. The first-order valence-electron chi connectivity index (χ1n) is 11.6. The van der Waals surface area contributed by atoms with Crippen LogP contribution in [-0.4, -0.2) is 64.0 Å². The summed E-state index contributed by atoms with van der Waals surface area (Å²) in [6.45, 7) is 1.29. The molecular weight excluding hydrogens is 418 g/mol. The number of carbonyl (C=O) groups excluding carboxylic acids is 1. The molecule has 8 heteroatoms. The first kappa shape index (κ1) is 20.4. The highest BCUT2D eigenvalue weighted by atomic mass is 16.5. The lowest BCUT2D eigenvalue weighted by Gasteiger charge is -2.23. The smallest absolute Gasteiger partial charge is 0.257 e. The molecule has 1 amide bonds. The number of benzene rings is 1. The van der Waals surface area contributed by atoms with Crippen molar-refractivity contribution in [1.82, 2.24) is 24.6 Å². The second kappa shape index (κ2) is 7.95. The monoisotopic (exact) mass is 445 g/mol. The van der Waals surface area contributed by atoms with Crippen LogP contribution < -0.4 is 4.74 Å². The number of hydrogen-bond donors (Lipinski definition) is 0. The fraction of sp³-hybridized carbons (Fsp3) is 0.440. The van der Waals surface area contributed by atoms with Gasteiger partial charge in [0.1, 0.15) is 5.75 Å². The summed E-state index contributed by atoms with van der Waals surface area (Å²) < 4.78 is 12.7. The van der Waals surface area contributed by atoms with Gasteiger partial charge in [-0.3, -0.25) is 4.79 Å². The standard InChI is InChI=1S/C25H27N5O3/c1-29(18-9-10-33-14-18)24(31)21-13-27-30(23(21)16-4-5-16)25-26-12-17-6-3-15-7-8-19(32-2)11-20(15)22(17)28-25/h7-8,11-13,16,18H,3-6,9-10,14H2,1-2H3/t18-/m1/s1. The third kappa shape index (κ3) is 3.49. The van der Waals surface area contributed by atoms with Crippen LogP contribution in [0.4, 0.5) is 0 Å². The molecule has 1 atom stereocenters. The van der Waals surface area contributed by atoms with Gasteiger partial charge in [-0.2, -0.15) is 5.10 Å². The van der Waals surface area contributed by atoms with Gasteiger partial charge in [0.15, 0.2) is 0 Å². The van der Waals surface area contributed by atoms with Crippen molar-refractivity contribution in [3.63, 3.8) is 0 Å². The third-order valence-electron chi connectivity index (χ3n) is 7.05. The van der Waals surface area contributed by atoms with Crippen molar-refractivity contribution in [2.45, 2.75) is 44.1 Å². The van der Waals surface area contributed by atoms with Gasteiger partial charge in [0.2, 0.25) is 0 Å². The van der Waals surface area contributed by atoms with Gasteiger partial charge in [0, 0.05) is 31.3 Å². The maximum Gasteiger partial charge on any atom is 0.257 e. The van der Waals surface area contributed by atoms with Crippen molar-refractivity contribution < 1.29 is 14.3 Å². The average molecular weight is 446 g/mol. The molecule has 3 aliphatic rings. The van der Waals surface area contributed by atoms with Gasteiger partial charge in [-0.05, 0) is 55.4 Å². The molecular formula is C25H27N5O3. The largest absolute Gasteiger partial charge is 0.497 e. The highest BCUT2D eigenvalue weighted by Gasteiger charge is 2.36. The number of methoxy groups -OCH3 is 1. The van der Waals surface area contributed by atoms with E-state index in [1.165, 1.54) is 5.56 Å². The molecule has 1 saturated heterocycles. The van der Waals surface area contributed by atoms with Crippen LogP contribution in [0.1, 0.15) is 52.4 Å². The lowest BCUT2D eigenvalue weighted by atomic mass is 9.90. The first-order chi connectivity index (χ1) is 16.1. The number of likely N-dealkylation sites (N-methyl/N-ethyl adjacent to an activating group) is 1. The van der Waals surface area contributed by atoms with Gasteiger partial charge in [0.25, 0.3) is 11.9 Å². The number of rotatable bonds is 5. The van der Waals surface area contributed by atoms with Crippen LogP contribution in [0.25, 0.3) is 17.2 Å². The molecule has 2 fully saturated rings. The van der Waals surface area contributed by atoms with E-state index >= 15 is 0 Å². The van der Waals surface area contributed by atoms with Crippen LogP contribution in [0.15, 0.2) is 30.6 Å². The Labute approximate surface area is 192 Å². The minimum absolute atomic E-state index is 0.00769. The molecule has 33 heavy (non-hydrogen) atoms. The summed E-state index contributed by atoms with van der Waals surface area (Å²) in [5.41, 5.74) is 5.95. The highest BCUT2D eigenvalue weighted by Crippen LogP contribution is 2.43. The molecule has 8 nitrogen and oxygen atoms in total. The number of aryl methyl sites for hydroxylation is 2. The van der Waals surface area contributed by atoms with Crippen LogP contribution in [0, 0.1) is 0 Å². The Balaban J connectivity index is 1.40. The Morgan fingerprint density at radius 1 is 1.18 bits per heavy atom. The van der Waals surface area contributed by atoms with Gasteiger partial charge in [0.05, 0.1) is 42.9 Å². The molecule has 6 rings (SSSR count). The number of fused-ring (bicyclic) bond motifs is 3. The Bertz CT molecular complexity index is 1230. The molecule has 2 aromatic heterocycles. The van der Waals surface area contributed by atoms with Gasteiger partial charge in [-0.25, -0.2) is 14.6 Å². The van der Waals surface area contributed by atoms with Crippen molar-refractivity contribution in [2.75, 3.05) is 27.4 Å². The zero-order valence-electron chi connectivity index (χ0n) is 19.0. The summed E-state index contributed by atoms with van der Waals surface area (Å²) in [5, 5.41) is 4.60. The number of amides is 1. The van der Waals surface area contributed by atoms with E-state index in [0.29, 0.717) is 30.6 Å². The maximum atomic E-state index is 13.4. The molecule has 0 N–H and O–H groups in total. The Morgan fingerprint density at radius 2 is 2.03 bits per heavy atom. The second-order valence-electron chi connectivity index (χ2n) is 9.13. The Kier molecular flexibility index (Phi) is 4.90. The SMILES string of the molecule is COc1ccc2c(c1)-c1nc(-n3ncc(C(=O)N(C)[C@@H]4CCOC4)c3C3CC3)ncc1CC2. The molecule has 0 bridgehead atoms. The zero-order chi connectivity index (χ0) is 22.5. The van der Waals surface area contributed by atoms with E-state index in [9.17, 15) is 4.79 Å². The quantitative estimate of drug-likeness (QED) is 0.600. The van der Waals surface area contributed by atoms with E-state index in [1.54, 1.807) is 22.9 Å². The molecule has 3 aromatic rings. The minimum atomic E-state index is -0.00769. The average Bonchev–Trinajstić information content (AvgIpc) is 3.36. The molecule has 0 radical (unpaired) electrons. The van der Waals surface area contributed by atoms with Gasteiger partial charge in [-0.15, -0.1) is 0 Å². The lowest BCUT2D eigenvalue weighted by molar-refractivity contribution is 0.0710. The maximum absolute atomic E-state index is 13.4. The van der Waals surface area contributed by atoms with Crippen molar-refractivity contribution in [3.05, 3.63) is 53.0 Å². The highest BCUT2D eigenvalue weighted by molar-refractivity contribution is 5.95. The molecule has 0 spiro atoms. The third-order valence-corrected chi connectivity index (χ3v) is 7.05. The summed E-state index contributed by atoms with van der Waals surface area (Å²) in [5.74, 6) is 1.63. The Hall–Kier alpha value is -3.26. The molecule has 2 aliphatic carbocycles. The van der Waals surface area contributed by atoms with E-state index in [2.05, 4.69) is 16.1 Å². The van der Waals surface area contributed by atoms with Crippen LogP contribution in [0.3, 0.4) is 0 Å². The molecule has 3 heterocycles. The first-order valence-corrected chi connectivity index (χ1v) is 11.6. The summed E-state index contributed by atoms with van der Waals surface area (Å²) in [7, 11) is 3.53. The lowest BCUT2D eigenvalue weighted by Crippen LogP contribution is -2.37. The second-order valence-corrected chi connectivity index (χ2v) is 9.13. The predicted octanol–water partition coefficient (Wildman–Crippen LogP) is 3.17. The molecule has 170 valence electrons.